The summed E-state index contributed by atoms with van der Waals surface area (Å²) >= 11 is 0. The van der Waals surface area contributed by atoms with Crippen LogP contribution in [0.25, 0.3) is 0 Å². The van der Waals surface area contributed by atoms with Gasteiger partial charge in [-0.25, -0.2) is 0 Å². The minimum absolute atomic E-state index is 0.275. The molecule has 0 aliphatic carbocycles. The van der Waals surface area contributed by atoms with E-state index >= 15 is 0 Å². The van der Waals surface area contributed by atoms with Crippen molar-refractivity contribution in [1.29, 1.82) is 0 Å². The summed E-state index contributed by atoms with van der Waals surface area (Å²) in [6.45, 7) is 7.47. The normalized spacial score (nSPS) is 9.00. The molecule has 0 rings (SSSR count). The molecule has 0 heterocycles. The third-order valence-corrected chi connectivity index (χ3v) is 0.612. The maximum Gasteiger partial charge on any atom is 0.0431 e. The minimum atomic E-state index is 0.275. The number of unbranched alkanes of at least 4 members (excludes halogenated alkanes) is 1. The summed E-state index contributed by atoms with van der Waals surface area (Å²) in [5.41, 5.74) is 5.10. The van der Waals surface area contributed by atoms with Crippen molar-refractivity contribution in [2.45, 2.75) is 33.6 Å². The zero-order valence-electron chi connectivity index (χ0n) is 7.43. The van der Waals surface area contributed by atoms with Gasteiger partial charge < -0.3 is 10.8 Å². The maximum absolute atomic E-state index is 8.14. The molecule has 0 saturated heterocycles. The topological polar surface area (TPSA) is 46.2 Å². The van der Waals surface area contributed by atoms with Gasteiger partial charge in [0.15, 0.2) is 0 Å². The molecule has 2 nitrogen and oxygen atoms in total. The van der Waals surface area contributed by atoms with Crippen molar-refractivity contribution < 1.29 is 5.11 Å². The third kappa shape index (κ3) is 44.5. The molecule has 10 heavy (non-hydrogen) atoms. The number of aliphatic hydroxyl groups excluding tert-OH is 1. The van der Waals surface area contributed by atoms with Gasteiger partial charge >= 0.3 is 0 Å². The van der Waals surface area contributed by atoms with E-state index in [1.807, 2.05) is 0 Å². The molecular formula is C8H21NO. The van der Waals surface area contributed by atoms with E-state index in [1.165, 1.54) is 0 Å². The van der Waals surface area contributed by atoms with Gasteiger partial charge in [-0.05, 0) is 25.3 Å². The first kappa shape index (κ1) is 12.6. The Morgan fingerprint density at radius 3 is 1.70 bits per heavy atom. The van der Waals surface area contributed by atoms with Crippen molar-refractivity contribution in [1.82, 2.24) is 0 Å². The van der Waals surface area contributed by atoms with Gasteiger partial charge in [-0.15, -0.1) is 0 Å². The Kier molecular flexibility index (Phi) is 14.7. The Morgan fingerprint density at radius 1 is 1.20 bits per heavy atom. The van der Waals surface area contributed by atoms with Crippen molar-refractivity contribution in [3.05, 3.63) is 0 Å². The molecule has 0 radical (unpaired) electrons. The van der Waals surface area contributed by atoms with Crippen LogP contribution in [0.3, 0.4) is 0 Å². The van der Waals surface area contributed by atoms with Crippen LogP contribution < -0.4 is 5.73 Å². The van der Waals surface area contributed by atoms with E-state index in [1.54, 1.807) is 0 Å². The molecule has 0 fully saturated rings. The van der Waals surface area contributed by atoms with Gasteiger partial charge in [0.2, 0.25) is 0 Å². The average molecular weight is 147 g/mol. The zero-order valence-corrected chi connectivity index (χ0v) is 7.43. The Balaban J connectivity index is 0. The number of nitrogens with two attached hydrogens (primary N) is 1. The fraction of sp³-hybridized carbons (Fsp3) is 1.00. The van der Waals surface area contributed by atoms with Crippen molar-refractivity contribution >= 4 is 0 Å². The summed E-state index contributed by atoms with van der Waals surface area (Å²) in [6, 6.07) is 0. The zero-order chi connectivity index (χ0) is 8.41. The summed E-state index contributed by atoms with van der Waals surface area (Å²) in [4.78, 5) is 0. The summed E-state index contributed by atoms with van der Waals surface area (Å²) < 4.78 is 0. The number of rotatable bonds is 3. The second-order valence-corrected chi connectivity index (χ2v) is 2.95. The molecule has 0 aromatic rings. The van der Waals surface area contributed by atoms with Crippen LogP contribution in [0.15, 0.2) is 0 Å². The van der Waals surface area contributed by atoms with Crippen LogP contribution >= 0.6 is 0 Å². The van der Waals surface area contributed by atoms with Crippen LogP contribution in [0.5, 0.6) is 0 Å². The highest BCUT2D eigenvalue weighted by molar-refractivity contribution is 4.34. The molecule has 0 aliphatic heterocycles. The molecule has 0 unspecified atom stereocenters. The lowest BCUT2D eigenvalue weighted by Gasteiger charge is -1.86. The first-order chi connectivity index (χ1) is 4.65. The van der Waals surface area contributed by atoms with E-state index in [2.05, 4.69) is 20.8 Å². The van der Waals surface area contributed by atoms with Crippen molar-refractivity contribution in [2.75, 3.05) is 13.2 Å². The monoisotopic (exact) mass is 147 g/mol. The van der Waals surface area contributed by atoms with Crippen molar-refractivity contribution in [3.8, 4) is 0 Å². The molecule has 0 aromatic carbocycles. The van der Waals surface area contributed by atoms with Crippen molar-refractivity contribution in [3.63, 3.8) is 0 Å². The Morgan fingerprint density at radius 2 is 1.60 bits per heavy atom. The number of aliphatic hydroxyl groups is 1. The van der Waals surface area contributed by atoms with E-state index in [4.69, 9.17) is 10.8 Å². The Bertz CT molecular complexity index is 39.8. The highest BCUT2D eigenvalue weighted by Gasteiger charge is 1.76. The fourth-order valence-electron chi connectivity index (χ4n) is 0.256. The Hall–Kier alpha value is -0.0800. The van der Waals surface area contributed by atoms with Crippen molar-refractivity contribution in [2.24, 2.45) is 11.7 Å². The summed E-state index contributed by atoms with van der Waals surface area (Å²) in [5, 5.41) is 8.14. The average Bonchev–Trinajstić information content (AvgIpc) is 1.82. The molecule has 0 amide bonds. The molecule has 0 spiro atoms. The van der Waals surface area contributed by atoms with Crippen LogP contribution in [0.1, 0.15) is 33.6 Å². The Labute approximate surface area is 64.4 Å². The molecule has 0 atom stereocenters. The molecule has 0 saturated carbocycles. The van der Waals surface area contributed by atoms with E-state index in [0.29, 0.717) is 6.54 Å². The molecule has 0 aliphatic rings. The molecular weight excluding hydrogens is 126 g/mol. The van der Waals surface area contributed by atoms with Crippen LogP contribution in [-0.2, 0) is 0 Å². The van der Waals surface area contributed by atoms with Crippen LogP contribution in [0.4, 0.5) is 0 Å². The smallest absolute Gasteiger partial charge is 0.0431 e. The third-order valence-electron chi connectivity index (χ3n) is 0.612. The van der Waals surface area contributed by atoms with Gasteiger partial charge in [-0.3, -0.25) is 0 Å². The van der Waals surface area contributed by atoms with Gasteiger partial charge in [-0.1, -0.05) is 20.8 Å². The molecule has 3 N–H and O–H groups in total. The maximum atomic E-state index is 8.14. The second kappa shape index (κ2) is 11.7. The second-order valence-electron chi connectivity index (χ2n) is 2.95. The van der Waals surface area contributed by atoms with Crippen LogP contribution in [0, 0.1) is 5.92 Å². The minimum Gasteiger partial charge on any atom is -0.396 e. The predicted molar refractivity (Wildman–Crippen MR) is 45.9 cm³/mol. The first-order valence-electron chi connectivity index (χ1n) is 3.96. The SMILES string of the molecule is CC(C)C.NCCCCO. The van der Waals surface area contributed by atoms with Crippen LogP contribution in [0.2, 0.25) is 0 Å². The predicted octanol–water partition coefficient (Wildman–Crippen LogP) is 1.38. The number of hydrogen-bond acceptors (Lipinski definition) is 2. The summed E-state index contributed by atoms with van der Waals surface area (Å²) in [7, 11) is 0. The van der Waals surface area contributed by atoms with Gasteiger partial charge in [0.25, 0.3) is 0 Å². The lowest BCUT2D eigenvalue weighted by atomic mass is 10.3. The lowest BCUT2D eigenvalue weighted by molar-refractivity contribution is 0.285. The molecule has 64 valence electrons. The van der Waals surface area contributed by atoms with Gasteiger partial charge in [0, 0.05) is 6.61 Å². The highest BCUT2D eigenvalue weighted by Crippen LogP contribution is 1.81. The molecule has 0 bridgehead atoms. The quantitative estimate of drug-likeness (QED) is 0.592. The first-order valence-corrected chi connectivity index (χ1v) is 3.96. The van der Waals surface area contributed by atoms with Gasteiger partial charge in [-0.2, -0.15) is 0 Å². The van der Waals surface area contributed by atoms with Gasteiger partial charge in [0.05, 0.1) is 0 Å². The summed E-state index contributed by atoms with van der Waals surface area (Å²) in [5.74, 6) is 0.833. The molecule has 2 heteroatoms. The van der Waals surface area contributed by atoms with Gasteiger partial charge in [0.1, 0.15) is 0 Å². The van der Waals surface area contributed by atoms with E-state index < -0.39 is 0 Å². The lowest BCUT2D eigenvalue weighted by Crippen LogP contribution is -1.98. The standard InChI is InChI=1S/C4H11NO.C4H10/c5-3-1-2-4-6;1-4(2)3/h6H,1-5H2;4H,1-3H3. The fourth-order valence-corrected chi connectivity index (χ4v) is 0.256. The number of hydrogen-bond donors (Lipinski definition) is 2. The van der Waals surface area contributed by atoms with E-state index in [9.17, 15) is 0 Å². The molecule has 0 aromatic heterocycles. The van der Waals surface area contributed by atoms with E-state index in [0.717, 1.165) is 18.8 Å². The highest BCUT2D eigenvalue weighted by atomic mass is 16.2. The largest absolute Gasteiger partial charge is 0.396 e. The van der Waals surface area contributed by atoms with Crippen LogP contribution in [-0.4, -0.2) is 18.3 Å². The van der Waals surface area contributed by atoms with E-state index in [-0.39, 0.29) is 6.61 Å². The summed E-state index contributed by atoms with van der Waals surface area (Å²) in [6.07, 6.45) is 1.78.